The first kappa shape index (κ1) is 13.9. The molecule has 3 N–H and O–H groups in total. The lowest BCUT2D eigenvalue weighted by molar-refractivity contribution is -0.339. The molecule has 0 bridgehead atoms. The van der Waals surface area contributed by atoms with Crippen LogP contribution in [-0.2, 0) is 18.9 Å². The van der Waals surface area contributed by atoms with Gasteiger partial charge in [-0.3, -0.25) is 0 Å². The number of fused-ring (bicyclic) bond motifs is 1. The van der Waals surface area contributed by atoms with E-state index in [1.54, 1.807) is 0 Å². The number of benzene rings is 1. The highest BCUT2D eigenvalue weighted by molar-refractivity contribution is 5.16. The number of hydrogen-bond acceptors (Lipinski definition) is 6. The average molecular weight is 281 g/mol. The van der Waals surface area contributed by atoms with Crippen LogP contribution in [0.4, 0.5) is 0 Å². The van der Waals surface area contributed by atoms with Crippen LogP contribution in [0.3, 0.4) is 0 Å². The fraction of sp³-hybridized carbons (Fsp3) is 0.571. The third-order valence-corrected chi connectivity index (χ3v) is 3.72. The van der Waals surface area contributed by atoms with E-state index in [4.69, 9.17) is 24.7 Å². The van der Waals surface area contributed by atoms with E-state index in [0.29, 0.717) is 6.61 Å². The highest BCUT2D eigenvalue weighted by atomic mass is 16.7. The van der Waals surface area contributed by atoms with Crippen LogP contribution in [0.5, 0.6) is 0 Å². The number of aliphatic hydroxyl groups excluding tert-OH is 1. The molecule has 1 aromatic carbocycles. The van der Waals surface area contributed by atoms with E-state index in [-0.39, 0.29) is 6.10 Å². The molecule has 1 aromatic rings. The van der Waals surface area contributed by atoms with Gasteiger partial charge in [-0.15, -0.1) is 0 Å². The Kier molecular flexibility index (Phi) is 4.02. The zero-order valence-corrected chi connectivity index (χ0v) is 11.2. The van der Waals surface area contributed by atoms with Gasteiger partial charge >= 0.3 is 0 Å². The van der Waals surface area contributed by atoms with Gasteiger partial charge in [-0.05, 0) is 0 Å². The maximum absolute atomic E-state index is 10.3. The first-order valence-electron chi connectivity index (χ1n) is 6.64. The molecule has 3 rings (SSSR count). The van der Waals surface area contributed by atoms with Crippen molar-refractivity contribution in [3.8, 4) is 0 Å². The molecule has 2 aliphatic rings. The smallest absolute Gasteiger partial charge is 0.184 e. The molecular formula is C14H19NO5. The summed E-state index contributed by atoms with van der Waals surface area (Å²) in [5.41, 5.74) is 6.81. The molecule has 2 heterocycles. The van der Waals surface area contributed by atoms with E-state index in [9.17, 15) is 5.11 Å². The molecule has 0 aromatic heterocycles. The quantitative estimate of drug-likeness (QED) is 0.803. The van der Waals surface area contributed by atoms with Gasteiger partial charge in [-0.2, -0.15) is 0 Å². The largest absolute Gasteiger partial charge is 0.388 e. The van der Waals surface area contributed by atoms with Crippen molar-refractivity contribution in [2.75, 3.05) is 13.7 Å². The Morgan fingerprint density at radius 3 is 2.70 bits per heavy atom. The third-order valence-electron chi connectivity index (χ3n) is 3.72. The minimum atomic E-state index is -0.853. The number of nitrogens with two attached hydrogens (primary N) is 1. The third kappa shape index (κ3) is 2.46. The monoisotopic (exact) mass is 281 g/mol. The highest BCUT2D eigenvalue weighted by Crippen LogP contribution is 2.33. The number of hydrogen-bond donors (Lipinski definition) is 2. The molecule has 1 unspecified atom stereocenters. The van der Waals surface area contributed by atoms with Gasteiger partial charge in [0, 0.05) is 12.7 Å². The van der Waals surface area contributed by atoms with E-state index >= 15 is 0 Å². The fourth-order valence-corrected chi connectivity index (χ4v) is 2.60. The Bertz CT molecular complexity index is 440. The number of ether oxygens (including phenoxy) is 4. The summed E-state index contributed by atoms with van der Waals surface area (Å²) < 4.78 is 22.2. The van der Waals surface area contributed by atoms with Crippen molar-refractivity contribution in [1.29, 1.82) is 0 Å². The van der Waals surface area contributed by atoms with Crippen molar-refractivity contribution >= 4 is 0 Å². The Balaban J connectivity index is 1.74. The summed E-state index contributed by atoms with van der Waals surface area (Å²) in [4.78, 5) is 0. The summed E-state index contributed by atoms with van der Waals surface area (Å²) in [5.74, 6) is 0. The minimum absolute atomic E-state index is 0.327. The van der Waals surface area contributed by atoms with Gasteiger partial charge in [0.15, 0.2) is 12.6 Å². The second-order valence-corrected chi connectivity index (χ2v) is 5.02. The summed E-state index contributed by atoms with van der Waals surface area (Å²) in [6.45, 7) is 0.327. The summed E-state index contributed by atoms with van der Waals surface area (Å²) in [7, 11) is 1.49. The molecule has 0 radical (unpaired) electrons. The highest BCUT2D eigenvalue weighted by Gasteiger charge is 2.48. The molecule has 0 spiro atoms. The molecule has 0 amide bonds. The predicted octanol–water partition coefficient (Wildman–Crippen LogP) is 0.160. The zero-order valence-electron chi connectivity index (χ0n) is 11.2. The Morgan fingerprint density at radius 2 is 2.00 bits per heavy atom. The second kappa shape index (κ2) is 5.77. The fourth-order valence-electron chi connectivity index (χ4n) is 2.60. The zero-order chi connectivity index (χ0) is 14.1. The topological polar surface area (TPSA) is 83.2 Å². The van der Waals surface area contributed by atoms with Crippen molar-refractivity contribution < 1.29 is 24.1 Å². The lowest BCUT2D eigenvalue weighted by Crippen LogP contribution is -2.64. The molecule has 0 aliphatic carbocycles. The number of rotatable bonds is 2. The molecule has 110 valence electrons. The van der Waals surface area contributed by atoms with E-state index in [2.05, 4.69) is 0 Å². The molecule has 20 heavy (non-hydrogen) atoms. The van der Waals surface area contributed by atoms with Gasteiger partial charge < -0.3 is 29.8 Å². The van der Waals surface area contributed by atoms with Gasteiger partial charge in [0.2, 0.25) is 0 Å². The van der Waals surface area contributed by atoms with Crippen molar-refractivity contribution in [2.24, 2.45) is 5.73 Å². The van der Waals surface area contributed by atoms with Crippen LogP contribution >= 0.6 is 0 Å². The molecule has 2 fully saturated rings. The summed E-state index contributed by atoms with van der Waals surface area (Å²) >= 11 is 0. The van der Waals surface area contributed by atoms with E-state index in [1.165, 1.54) is 7.11 Å². The summed E-state index contributed by atoms with van der Waals surface area (Å²) in [5, 5.41) is 10.3. The predicted molar refractivity (Wildman–Crippen MR) is 69.7 cm³/mol. The molecule has 6 atom stereocenters. The lowest BCUT2D eigenvalue weighted by Gasteiger charge is -2.46. The van der Waals surface area contributed by atoms with E-state index < -0.39 is 30.8 Å². The average Bonchev–Trinajstić information content (AvgIpc) is 2.51. The number of aliphatic hydroxyl groups is 1. The van der Waals surface area contributed by atoms with Gasteiger partial charge in [0.05, 0.1) is 12.6 Å². The Hall–Kier alpha value is -1.02. The Morgan fingerprint density at radius 1 is 1.25 bits per heavy atom. The first-order valence-corrected chi connectivity index (χ1v) is 6.64. The summed E-state index contributed by atoms with van der Waals surface area (Å²) in [6.07, 6.45) is -2.91. The minimum Gasteiger partial charge on any atom is -0.388 e. The standard InChI is InChI=1S/C14H19NO5/c1-17-14-10(15)11(16)12-9(19-14)7-18-13(20-12)8-5-3-2-4-6-8/h2-6,9-14,16H,7,15H2,1H3/t9-,10+,11+,12+,13?,14+/m1/s1. The summed E-state index contributed by atoms with van der Waals surface area (Å²) in [6, 6.07) is 8.93. The van der Waals surface area contributed by atoms with Crippen molar-refractivity contribution in [3.63, 3.8) is 0 Å². The van der Waals surface area contributed by atoms with Crippen LogP contribution < -0.4 is 5.73 Å². The molecule has 6 heteroatoms. The molecule has 2 aliphatic heterocycles. The second-order valence-electron chi connectivity index (χ2n) is 5.02. The molecule has 2 saturated heterocycles. The molecule has 6 nitrogen and oxygen atoms in total. The van der Waals surface area contributed by atoms with Crippen LogP contribution in [0.1, 0.15) is 11.9 Å². The van der Waals surface area contributed by atoms with Crippen LogP contribution in [0.2, 0.25) is 0 Å². The van der Waals surface area contributed by atoms with Crippen molar-refractivity contribution in [1.82, 2.24) is 0 Å². The van der Waals surface area contributed by atoms with Crippen LogP contribution in [0.25, 0.3) is 0 Å². The van der Waals surface area contributed by atoms with E-state index in [0.717, 1.165) is 5.56 Å². The number of methoxy groups -OCH3 is 1. The first-order chi connectivity index (χ1) is 9.70. The Labute approximate surface area is 117 Å². The van der Waals surface area contributed by atoms with Gasteiger partial charge in [0.25, 0.3) is 0 Å². The van der Waals surface area contributed by atoms with Crippen LogP contribution in [0.15, 0.2) is 30.3 Å². The maximum atomic E-state index is 10.3. The van der Waals surface area contributed by atoms with Crippen LogP contribution in [-0.4, -0.2) is 49.5 Å². The van der Waals surface area contributed by atoms with Gasteiger partial charge in [-0.25, -0.2) is 0 Å². The van der Waals surface area contributed by atoms with E-state index in [1.807, 2.05) is 30.3 Å². The van der Waals surface area contributed by atoms with Crippen molar-refractivity contribution in [3.05, 3.63) is 35.9 Å². The molecular weight excluding hydrogens is 262 g/mol. The van der Waals surface area contributed by atoms with Gasteiger partial charge in [-0.1, -0.05) is 30.3 Å². The normalized spacial score (nSPS) is 41.1. The molecule has 0 saturated carbocycles. The SMILES string of the molecule is CO[C@H]1O[C@@H]2COC(c3ccccc3)O[C@@H]2[C@@H](O)[C@@H]1N. The lowest BCUT2D eigenvalue weighted by atomic mass is 9.96. The van der Waals surface area contributed by atoms with Gasteiger partial charge in [0.1, 0.15) is 18.3 Å². The maximum Gasteiger partial charge on any atom is 0.184 e. The van der Waals surface area contributed by atoms with Crippen molar-refractivity contribution in [2.45, 2.75) is 36.9 Å². The van der Waals surface area contributed by atoms with Crippen LogP contribution in [0, 0.1) is 0 Å².